The number of para-hydroxylation sites is 1. The van der Waals surface area contributed by atoms with Gasteiger partial charge in [0.2, 0.25) is 0 Å². The highest BCUT2D eigenvalue weighted by atomic mass is 16.6. The molecule has 0 unspecified atom stereocenters. The number of hydrogen-bond donors (Lipinski definition) is 2. The first kappa shape index (κ1) is 12.6. The predicted molar refractivity (Wildman–Crippen MR) is 69.1 cm³/mol. The molecule has 1 saturated heterocycles. The van der Waals surface area contributed by atoms with Crippen molar-refractivity contribution in [2.45, 2.75) is 26.0 Å². The van der Waals surface area contributed by atoms with Gasteiger partial charge in [0.15, 0.2) is 5.75 Å². The molecule has 1 aromatic carbocycles. The molecule has 1 fully saturated rings. The Morgan fingerprint density at radius 1 is 1.50 bits per heavy atom. The topological polar surface area (TPSA) is 76.4 Å². The molecule has 0 saturated carbocycles. The van der Waals surface area contributed by atoms with Gasteiger partial charge >= 0.3 is 5.69 Å². The Labute approximate surface area is 105 Å². The zero-order chi connectivity index (χ0) is 13.1. The monoisotopic (exact) mass is 251 g/mol. The third kappa shape index (κ3) is 2.70. The van der Waals surface area contributed by atoms with E-state index >= 15 is 0 Å². The first-order valence-corrected chi connectivity index (χ1v) is 5.99. The maximum Gasteiger partial charge on any atom is 0.333 e. The number of nitro groups is 1. The van der Waals surface area contributed by atoms with Crippen LogP contribution >= 0.6 is 0 Å². The maximum absolute atomic E-state index is 11.2. The first-order valence-electron chi connectivity index (χ1n) is 5.99. The molecule has 98 valence electrons. The Hall–Kier alpha value is -1.82. The van der Waals surface area contributed by atoms with Crippen LogP contribution in [0, 0.1) is 10.1 Å². The van der Waals surface area contributed by atoms with E-state index in [0.29, 0.717) is 11.4 Å². The number of nitrogens with zero attached hydrogens (tertiary/aromatic N) is 1. The van der Waals surface area contributed by atoms with Crippen LogP contribution in [0.25, 0.3) is 0 Å². The van der Waals surface area contributed by atoms with Crippen LogP contribution in [-0.4, -0.2) is 30.2 Å². The van der Waals surface area contributed by atoms with Crippen molar-refractivity contribution in [3.05, 3.63) is 28.3 Å². The Morgan fingerprint density at radius 3 is 2.72 bits per heavy atom. The minimum absolute atomic E-state index is 0.0121. The Bertz CT molecular complexity index is 444. The fraction of sp³-hybridized carbons (Fsp3) is 0.500. The van der Waals surface area contributed by atoms with Crippen molar-refractivity contribution in [2.24, 2.45) is 0 Å². The van der Waals surface area contributed by atoms with Gasteiger partial charge in [0.25, 0.3) is 0 Å². The Morgan fingerprint density at radius 2 is 2.22 bits per heavy atom. The van der Waals surface area contributed by atoms with Crippen LogP contribution < -0.4 is 15.4 Å². The molecule has 1 aromatic rings. The zero-order valence-corrected chi connectivity index (χ0v) is 10.5. The lowest BCUT2D eigenvalue weighted by molar-refractivity contribution is -0.385. The number of hydrogen-bond acceptors (Lipinski definition) is 5. The third-order valence-corrected chi connectivity index (χ3v) is 2.69. The molecule has 18 heavy (non-hydrogen) atoms. The lowest BCUT2D eigenvalue weighted by Gasteiger charge is -2.28. The van der Waals surface area contributed by atoms with Gasteiger partial charge in [-0.25, -0.2) is 0 Å². The largest absolute Gasteiger partial charge is 0.484 e. The van der Waals surface area contributed by atoms with Gasteiger partial charge in [-0.05, 0) is 26.0 Å². The lowest BCUT2D eigenvalue weighted by Crippen LogP contribution is -2.51. The standard InChI is InChI=1S/C12H17N3O3/c1-8(2)18-11-5-3-4-10(12(11)15(16)17)14-9-6-13-7-9/h3-5,8-9,13-14H,6-7H2,1-2H3. The predicted octanol–water partition coefficient (Wildman–Crippen LogP) is 1.77. The summed E-state index contributed by atoms with van der Waals surface area (Å²) in [5.74, 6) is 0.312. The fourth-order valence-electron chi connectivity index (χ4n) is 1.79. The fourth-order valence-corrected chi connectivity index (χ4v) is 1.79. The van der Waals surface area contributed by atoms with E-state index in [-0.39, 0.29) is 17.8 Å². The van der Waals surface area contributed by atoms with Gasteiger partial charge < -0.3 is 15.4 Å². The average molecular weight is 251 g/mol. The van der Waals surface area contributed by atoms with Crippen molar-refractivity contribution < 1.29 is 9.66 Å². The lowest BCUT2D eigenvalue weighted by atomic mass is 10.1. The highest BCUT2D eigenvalue weighted by Crippen LogP contribution is 2.35. The summed E-state index contributed by atoms with van der Waals surface area (Å²) < 4.78 is 5.48. The van der Waals surface area contributed by atoms with Gasteiger partial charge in [-0.2, -0.15) is 0 Å². The summed E-state index contributed by atoms with van der Waals surface area (Å²) in [6, 6.07) is 5.35. The minimum atomic E-state index is -0.397. The maximum atomic E-state index is 11.2. The number of ether oxygens (including phenoxy) is 1. The molecule has 0 atom stereocenters. The van der Waals surface area contributed by atoms with Gasteiger partial charge in [-0.1, -0.05) is 6.07 Å². The molecule has 1 aliphatic heterocycles. The minimum Gasteiger partial charge on any atom is -0.484 e. The van der Waals surface area contributed by atoms with Gasteiger partial charge in [0.1, 0.15) is 5.69 Å². The van der Waals surface area contributed by atoms with Crippen molar-refractivity contribution in [3.63, 3.8) is 0 Å². The third-order valence-electron chi connectivity index (χ3n) is 2.69. The van der Waals surface area contributed by atoms with Crippen LogP contribution in [0.2, 0.25) is 0 Å². The van der Waals surface area contributed by atoms with E-state index in [0.717, 1.165) is 13.1 Å². The van der Waals surface area contributed by atoms with Crippen molar-refractivity contribution in [1.29, 1.82) is 0 Å². The van der Waals surface area contributed by atoms with Crippen molar-refractivity contribution >= 4 is 11.4 Å². The van der Waals surface area contributed by atoms with E-state index in [1.807, 2.05) is 13.8 Å². The molecule has 2 rings (SSSR count). The molecular formula is C12H17N3O3. The molecule has 1 heterocycles. The van der Waals surface area contributed by atoms with E-state index in [2.05, 4.69) is 10.6 Å². The molecule has 0 aromatic heterocycles. The molecule has 2 N–H and O–H groups in total. The smallest absolute Gasteiger partial charge is 0.333 e. The quantitative estimate of drug-likeness (QED) is 0.616. The van der Waals surface area contributed by atoms with E-state index in [4.69, 9.17) is 4.74 Å². The highest BCUT2D eigenvalue weighted by Gasteiger charge is 2.25. The summed E-state index contributed by atoms with van der Waals surface area (Å²) in [5.41, 5.74) is 0.530. The summed E-state index contributed by atoms with van der Waals surface area (Å²) in [4.78, 5) is 10.8. The van der Waals surface area contributed by atoms with Gasteiger partial charge in [0.05, 0.1) is 17.1 Å². The van der Waals surface area contributed by atoms with Gasteiger partial charge in [0, 0.05) is 13.1 Å². The Balaban J connectivity index is 2.28. The highest BCUT2D eigenvalue weighted by molar-refractivity contribution is 5.69. The van der Waals surface area contributed by atoms with E-state index in [9.17, 15) is 10.1 Å². The normalized spacial score (nSPS) is 15.3. The van der Waals surface area contributed by atoms with Crippen LogP contribution in [0.1, 0.15) is 13.8 Å². The molecule has 6 nitrogen and oxygen atoms in total. The van der Waals surface area contributed by atoms with Crippen LogP contribution in [-0.2, 0) is 0 Å². The summed E-state index contributed by atoms with van der Waals surface area (Å²) in [6.45, 7) is 5.35. The molecule has 6 heteroatoms. The average Bonchev–Trinajstić information content (AvgIpc) is 2.22. The molecule has 1 aliphatic rings. The molecule has 0 spiro atoms. The number of benzene rings is 1. The number of nitrogens with one attached hydrogen (secondary N) is 2. The second-order valence-corrected chi connectivity index (χ2v) is 4.58. The first-order chi connectivity index (χ1) is 8.58. The summed E-state index contributed by atoms with van der Waals surface area (Å²) in [7, 11) is 0. The van der Waals surface area contributed by atoms with E-state index < -0.39 is 4.92 Å². The summed E-state index contributed by atoms with van der Waals surface area (Å²) in [5, 5.41) is 17.5. The van der Waals surface area contributed by atoms with Gasteiger partial charge in [-0.15, -0.1) is 0 Å². The molecule has 0 amide bonds. The Kier molecular flexibility index (Phi) is 3.66. The number of anilines is 1. The molecule has 0 bridgehead atoms. The van der Waals surface area contributed by atoms with Crippen molar-refractivity contribution in [3.8, 4) is 5.75 Å². The molecule has 0 aliphatic carbocycles. The molecular weight excluding hydrogens is 234 g/mol. The SMILES string of the molecule is CC(C)Oc1cccc(NC2CNC2)c1[N+](=O)[O-]. The number of nitro benzene ring substituents is 1. The van der Waals surface area contributed by atoms with Crippen LogP contribution in [0.3, 0.4) is 0 Å². The summed E-state index contributed by atoms with van der Waals surface area (Å²) >= 11 is 0. The van der Waals surface area contributed by atoms with Crippen LogP contribution in [0.5, 0.6) is 5.75 Å². The zero-order valence-electron chi connectivity index (χ0n) is 10.5. The summed E-state index contributed by atoms with van der Waals surface area (Å²) in [6.07, 6.45) is -0.0932. The molecule has 0 radical (unpaired) electrons. The van der Waals surface area contributed by atoms with Crippen molar-refractivity contribution in [1.82, 2.24) is 5.32 Å². The second kappa shape index (κ2) is 5.22. The van der Waals surface area contributed by atoms with E-state index in [1.54, 1.807) is 18.2 Å². The number of rotatable bonds is 5. The second-order valence-electron chi connectivity index (χ2n) is 4.58. The van der Waals surface area contributed by atoms with Crippen LogP contribution in [0.15, 0.2) is 18.2 Å². The van der Waals surface area contributed by atoms with Crippen LogP contribution in [0.4, 0.5) is 11.4 Å². The van der Waals surface area contributed by atoms with Crippen molar-refractivity contribution in [2.75, 3.05) is 18.4 Å². The van der Waals surface area contributed by atoms with E-state index in [1.165, 1.54) is 0 Å². The van der Waals surface area contributed by atoms with Gasteiger partial charge in [-0.3, -0.25) is 10.1 Å².